The van der Waals surface area contributed by atoms with Gasteiger partial charge in [-0.25, -0.2) is 9.59 Å². The van der Waals surface area contributed by atoms with E-state index in [0.717, 1.165) is 158 Å². The Morgan fingerprint density at radius 2 is 0.901 bits per heavy atom. The number of anilines is 2. The summed E-state index contributed by atoms with van der Waals surface area (Å²) in [5.74, 6) is 0.679. The lowest BCUT2D eigenvalue weighted by molar-refractivity contribution is -0.137. The van der Waals surface area contributed by atoms with E-state index in [1.807, 2.05) is 15.9 Å². The maximum absolute atomic E-state index is 13.1. The normalized spacial score (nSPS) is 23.1. The van der Waals surface area contributed by atoms with Gasteiger partial charge in [0.1, 0.15) is 12.2 Å². The lowest BCUT2D eigenvalue weighted by Crippen LogP contribution is -2.49. The van der Waals surface area contributed by atoms with E-state index in [1.54, 1.807) is 0 Å². The number of carbonyl (C=O) groups excluding carboxylic acids is 3. The van der Waals surface area contributed by atoms with Crippen LogP contribution in [0.4, 0.5) is 34.1 Å². The van der Waals surface area contributed by atoms with Gasteiger partial charge in [-0.3, -0.25) is 19.5 Å². The average Bonchev–Trinajstić information content (AvgIpc) is 1.78. The molecule has 7 fully saturated rings. The van der Waals surface area contributed by atoms with Crippen LogP contribution < -0.4 is 15.1 Å². The zero-order valence-corrected chi connectivity index (χ0v) is 62.3. The largest absolute Gasteiger partial charge is 0.446 e. The topological polar surface area (TPSA) is 114 Å². The van der Waals surface area contributed by atoms with Gasteiger partial charge < -0.3 is 39.1 Å². The van der Waals surface area contributed by atoms with Gasteiger partial charge in [-0.1, -0.05) is 123 Å². The first-order valence-corrected chi connectivity index (χ1v) is 39.6. The van der Waals surface area contributed by atoms with E-state index in [2.05, 4.69) is 120 Å². The minimum absolute atomic E-state index is 0.0403. The summed E-state index contributed by atoms with van der Waals surface area (Å²) in [6.45, 7) is 29.8. The second-order valence-electron chi connectivity index (χ2n) is 33.5. The molecule has 0 spiro atoms. The number of rotatable bonds is 11. The van der Waals surface area contributed by atoms with E-state index in [9.17, 15) is 27.6 Å². The van der Waals surface area contributed by atoms with Gasteiger partial charge in [0, 0.05) is 115 Å². The van der Waals surface area contributed by atoms with Crippen LogP contribution >= 0.6 is 0 Å². The minimum atomic E-state index is -4.34. The summed E-state index contributed by atoms with van der Waals surface area (Å²) in [4.78, 5) is 55.4. The van der Waals surface area contributed by atoms with Crippen molar-refractivity contribution in [2.45, 2.75) is 262 Å². The fourth-order valence-corrected chi connectivity index (χ4v) is 18.3. The van der Waals surface area contributed by atoms with Crippen LogP contribution in [-0.2, 0) is 61.1 Å². The smallest absolute Gasteiger partial charge is 0.416 e. The molecule has 3 saturated heterocycles. The number of alkyl halides is 3. The molecule has 17 heteroatoms. The number of hydrogen-bond donors (Lipinski definition) is 1. The van der Waals surface area contributed by atoms with E-state index >= 15 is 0 Å². The van der Waals surface area contributed by atoms with E-state index in [1.165, 1.54) is 174 Å². The van der Waals surface area contributed by atoms with Crippen LogP contribution in [0.5, 0.6) is 0 Å². The number of halogens is 3. The van der Waals surface area contributed by atoms with Gasteiger partial charge in [0.15, 0.2) is 0 Å². The molecule has 554 valence electrons. The van der Waals surface area contributed by atoms with Gasteiger partial charge in [-0.05, 0) is 225 Å². The molecule has 4 aromatic carbocycles. The summed E-state index contributed by atoms with van der Waals surface area (Å²) in [7, 11) is 0. The fraction of sp³-hybridized carbons (Fsp3) is 0.679. The van der Waals surface area contributed by atoms with Gasteiger partial charge in [-0.2, -0.15) is 13.2 Å². The molecule has 3 amide bonds. The predicted molar refractivity (Wildman–Crippen MR) is 399 cm³/mol. The zero-order valence-electron chi connectivity index (χ0n) is 62.3. The predicted octanol–water partition coefficient (Wildman–Crippen LogP) is 17.2. The van der Waals surface area contributed by atoms with E-state index in [0.29, 0.717) is 38.1 Å². The summed E-state index contributed by atoms with van der Waals surface area (Å²) in [6.07, 6.45) is 24.2. The number of nitrogens with zero attached hydrogens (tertiary/aromatic N) is 7. The Morgan fingerprint density at radius 1 is 0.465 bits per heavy atom. The van der Waals surface area contributed by atoms with E-state index in [4.69, 9.17) is 14.2 Å². The van der Waals surface area contributed by atoms with Gasteiger partial charge >= 0.3 is 18.4 Å². The first-order chi connectivity index (χ1) is 48.6. The highest BCUT2D eigenvalue weighted by Crippen LogP contribution is 2.42. The van der Waals surface area contributed by atoms with E-state index in [-0.39, 0.29) is 46.5 Å². The molecular formula is C84H121F3N8O6. The van der Waals surface area contributed by atoms with Crippen LogP contribution in [0.2, 0.25) is 0 Å². The molecule has 14 nitrogen and oxygen atoms in total. The van der Waals surface area contributed by atoms with E-state index < -0.39 is 11.7 Å². The molecular weight excluding hydrogens is 1270 g/mol. The first-order valence-electron chi connectivity index (χ1n) is 39.6. The maximum Gasteiger partial charge on any atom is 0.416 e. The Balaban J connectivity index is 0.000000143. The Hall–Kier alpha value is -5.88. The molecule has 1 N–H and O–H groups in total. The van der Waals surface area contributed by atoms with Crippen molar-refractivity contribution in [3.63, 3.8) is 0 Å². The highest BCUT2D eigenvalue weighted by molar-refractivity contribution is 5.78. The molecule has 101 heavy (non-hydrogen) atoms. The van der Waals surface area contributed by atoms with Gasteiger partial charge in [0.05, 0.1) is 25.3 Å². The zero-order chi connectivity index (χ0) is 70.7. The van der Waals surface area contributed by atoms with Crippen molar-refractivity contribution in [3.8, 4) is 11.1 Å². The number of ether oxygens (including phenoxy) is 3. The third-order valence-corrected chi connectivity index (χ3v) is 24.9. The average molecular weight is 1400 g/mol. The summed E-state index contributed by atoms with van der Waals surface area (Å²) in [6, 6.07) is 27.0. The number of fused-ring (bicyclic) bond motifs is 3. The quantitative estimate of drug-likeness (QED) is 0.155. The summed E-state index contributed by atoms with van der Waals surface area (Å²) < 4.78 is 56.3. The first kappa shape index (κ1) is 74.8. The lowest BCUT2D eigenvalue weighted by atomic mass is 9.79. The number of piperidine rings is 1. The Bertz CT molecular complexity index is 3350. The standard InChI is InChI=1S/C28H35F3N2O.C28H43N3O3.C28H43N3O2/c1-27(2)14-15-33(19-26(34)32-17-20-6-4-3-5-7-20)18-23-16-22(10-13-25(23)27)21-8-11-24(12-9-21)28(29,30)31;1-28(2)12-15-31(27(32)34-25-6-4-3-5-7-25)21-22-20-24(8-9-26(22)28)29-13-10-23(11-14-29)30-16-18-33-19-17-30;1-28(2)14-15-31(27(32)33-25-10-4-3-5-11-25)21-22-20-24(12-13-26(22)28)30-18-16-29(17-19-30)23-8-6-7-9-23/h8-13,16,20H,3-7,14-15,17-19H2,1-2H3,(H,32,34);8-9,20,23,25H,3-7,10-19,21H2,1-2H3;12-13,20,23,25H,3-11,14-19,21H2,1-2H3. The Kier molecular flexibility index (Phi) is 25.1. The van der Waals surface area contributed by atoms with Gasteiger partial charge in [0.2, 0.25) is 5.91 Å². The number of carbonyl (C=O) groups is 3. The third kappa shape index (κ3) is 19.7. The van der Waals surface area contributed by atoms with Crippen LogP contribution in [-0.4, -0.2) is 165 Å². The van der Waals surface area contributed by atoms with Crippen LogP contribution in [0.1, 0.15) is 235 Å². The number of morpholine rings is 1. The van der Waals surface area contributed by atoms with Crippen molar-refractivity contribution >= 4 is 29.5 Å². The Labute approximate surface area is 603 Å². The maximum atomic E-state index is 13.1. The van der Waals surface area contributed by atoms with Crippen molar-refractivity contribution in [3.05, 3.63) is 118 Å². The van der Waals surface area contributed by atoms with Crippen molar-refractivity contribution in [1.29, 1.82) is 0 Å². The number of nitrogens with one attached hydrogen (secondary N) is 1. The third-order valence-electron chi connectivity index (χ3n) is 24.9. The molecule has 0 radical (unpaired) electrons. The SMILES string of the molecule is CC1(C)CCN(C(=O)OC2CCCCC2)Cc2cc(N3CCC(N4CCOCC4)CC3)ccc21.CC1(C)CCN(C(=O)OC2CCCCC2)Cc2cc(N3CCN(C4CCCC4)CC3)ccc21.CC1(C)CCN(CC(=O)NCC2CCCCC2)Cc2cc(-c3ccc(C(F)(F)F)cc3)ccc21. The summed E-state index contributed by atoms with van der Waals surface area (Å²) >= 11 is 0. The van der Waals surface area contributed by atoms with Crippen LogP contribution in [0, 0.1) is 5.92 Å². The monoisotopic (exact) mass is 1390 g/mol. The highest BCUT2D eigenvalue weighted by Gasteiger charge is 2.38. The number of amides is 3. The molecule has 6 aliphatic heterocycles. The van der Waals surface area contributed by atoms with Crippen LogP contribution in [0.3, 0.4) is 0 Å². The molecule has 4 aliphatic carbocycles. The van der Waals surface area contributed by atoms with Crippen molar-refractivity contribution in [2.75, 3.05) is 108 Å². The molecule has 4 aromatic rings. The number of piperazine rings is 1. The highest BCUT2D eigenvalue weighted by atomic mass is 19.4. The van der Waals surface area contributed by atoms with Crippen LogP contribution in [0.25, 0.3) is 11.1 Å². The van der Waals surface area contributed by atoms with Gasteiger partial charge in [0.25, 0.3) is 0 Å². The molecule has 0 atom stereocenters. The summed E-state index contributed by atoms with van der Waals surface area (Å²) in [5, 5.41) is 3.15. The second kappa shape index (κ2) is 33.9. The Morgan fingerprint density at radius 3 is 1.42 bits per heavy atom. The summed E-state index contributed by atoms with van der Waals surface area (Å²) in [5.41, 5.74) is 11.5. The molecule has 0 unspecified atom stereocenters. The van der Waals surface area contributed by atoms with Crippen LogP contribution in [0.15, 0.2) is 78.9 Å². The molecule has 6 heterocycles. The molecule has 4 saturated carbocycles. The fourth-order valence-electron chi connectivity index (χ4n) is 18.3. The number of hydrogen-bond acceptors (Lipinski definition) is 11. The van der Waals surface area contributed by atoms with Crippen molar-refractivity contribution in [1.82, 2.24) is 29.8 Å². The molecule has 14 rings (SSSR count). The second-order valence-corrected chi connectivity index (χ2v) is 33.5. The van der Waals surface area contributed by atoms with Crippen molar-refractivity contribution < 1.29 is 41.8 Å². The number of benzene rings is 4. The minimum Gasteiger partial charge on any atom is -0.446 e. The van der Waals surface area contributed by atoms with Crippen molar-refractivity contribution in [2.24, 2.45) is 5.92 Å². The molecule has 10 aliphatic rings. The van der Waals surface area contributed by atoms with Gasteiger partial charge in [-0.15, -0.1) is 0 Å². The molecule has 0 bridgehead atoms. The molecule has 0 aromatic heterocycles. The lowest BCUT2D eigenvalue weighted by Gasteiger charge is -2.41.